The number of aromatic nitrogens is 1. The molecule has 0 atom stereocenters. The Morgan fingerprint density at radius 1 is 1.06 bits per heavy atom. The van der Waals surface area contributed by atoms with Crippen LogP contribution < -0.4 is 4.74 Å². The lowest BCUT2D eigenvalue weighted by Gasteiger charge is -2.07. The topological polar surface area (TPSA) is 22.1 Å². The lowest BCUT2D eigenvalue weighted by atomic mass is 10.1. The summed E-state index contributed by atoms with van der Waals surface area (Å²) in [5.41, 5.74) is 2.52. The van der Waals surface area contributed by atoms with Crippen LogP contribution in [-0.2, 0) is 12.8 Å². The summed E-state index contributed by atoms with van der Waals surface area (Å²) in [7, 11) is 0. The van der Waals surface area contributed by atoms with Crippen LogP contribution >= 0.6 is 22.6 Å². The molecule has 0 amide bonds. The van der Waals surface area contributed by atoms with Crippen molar-refractivity contribution in [2.45, 2.75) is 12.8 Å². The van der Waals surface area contributed by atoms with Crippen LogP contribution in [-0.4, -0.2) is 4.98 Å². The first-order valence-electron chi connectivity index (χ1n) is 5.23. The Labute approximate surface area is 108 Å². The maximum absolute atomic E-state index is 5.89. The lowest BCUT2D eigenvalue weighted by molar-refractivity contribution is 0.476. The summed E-state index contributed by atoms with van der Waals surface area (Å²) in [6.45, 7) is 0. The number of benzene rings is 1. The van der Waals surface area contributed by atoms with E-state index in [0.29, 0.717) is 0 Å². The molecular formula is C13H10INO. The maximum atomic E-state index is 5.89. The quantitative estimate of drug-likeness (QED) is 0.546. The van der Waals surface area contributed by atoms with Crippen LogP contribution in [0.15, 0.2) is 36.5 Å². The van der Waals surface area contributed by atoms with Gasteiger partial charge in [0.1, 0.15) is 15.2 Å². The first kappa shape index (κ1) is 10.1. The fourth-order valence-electron chi connectivity index (χ4n) is 1.94. The van der Waals surface area contributed by atoms with E-state index in [1.54, 1.807) is 0 Å². The summed E-state index contributed by atoms with van der Waals surface area (Å²) >= 11 is 2.23. The van der Waals surface area contributed by atoms with Gasteiger partial charge >= 0.3 is 0 Å². The molecule has 0 aliphatic carbocycles. The Hall–Kier alpha value is -1.10. The minimum absolute atomic E-state index is 0.894. The molecule has 0 fully saturated rings. The molecule has 2 heterocycles. The highest BCUT2D eigenvalue weighted by Gasteiger charge is 2.14. The van der Waals surface area contributed by atoms with Crippen molar-refractivity contribution in [2.75, 3.05) is 0 Å². The Balaban J connectivity index is 2.08. The summed E-state index contributed by atoms with van der Waals surface area (Å²) in [6, 6.07) is 10.3. The number of aryl methyl sites for hydroxylation is 2. The molecule has 0 saturated heterocycles. The zero-order valence-electron chi connectivity index (χ0n) is 8.61. The zero-order chi connectivity index (χ0) is 11.0. The van der Waals surface area contributed by atoms with Gasteiger partial charge in [0.2, 0.25) is 0 Å². The maximum Gasteiger partial charge on any atom is 0.148 e. The molecule has 80 valence electrons. The number of hydrogen-bond acceptors (Lipinski definition) is 2. The van der Waals surface area contributed by atoms with E-state index in [1.807, 2.05) is 18.3 Å². The van der Waals surface area contributed by atoms with Crippen LogP contribution in [0.3, 0.4) is 0 Å². The summed E-state index contributed by atoms with van der Waals surface area (Å²) in [4.78, 5) is 4.27. The summed E-state index contributed by atoms with van der Waals surface area (Å²) in [5, 5.41) is 0. The number of fused-ring (bicyclic) bond motifs is 2. The van der Waals surface area contributed by atoms with E-state index >= 15 is 0 Å². The first-order valence-corrected chi connectivity index (χ1v) is 6.31. The van der Waals surface area contributed by atoms with E-state index in [0.717, 1.165) is 28.0 Å². The number of hydrogen-bond donors (Lipinski definition) is 0. The molecule has 3 rings (SSSR count). The van der Waals surface area contributed by atoms with Gasteiger partial charge in [-0.1, -0.05) is 18.2 Å². The third kappa shape index (κ3) is 1.80. The Morgan fingerprint density at radius 3 is 2.81 bits per heavy atom. The number of ether oxygens (including phenoxy) is 1. The Bertz CT molecular complexity index is 539. The molecule has 1 aromatic heterocycles. The van der Waals surface area contributed by atoms with Crippen molar-refractivity contribution in [3.05, 3.63) is 51.4 Å². The van der Waals surface area contributed by atoms with Crippen molar-refractivity contribution >= 4 is 22.6 Å². The van der Waals surface area contributed by atoms with Crippen LogP contribution in [0, 0.1) is 3.70 Å². The molecule has 0 radical (unpaired) electrons. The van der Waals surface area contributed by atoms with E-state index < -0.39 is 0 Å². The molecule has 16 heavy (non-hydrogen) atoms. The average Bonchev–Trinajstić information content (AvgIpc) is 2.48. The summed E-state index contributed by atoms with van der Waals surface area (Å²) < 4.78 is 6.91. The van der Waals surface area contributed by atoms with Crippen LogP contribution in [0.25, 0.3) is 0 Å². The lowest BCUT2D eigenvalue weighted by Crippen LogP contribution is -1.91. The standard InChI is InChI=1S/C13H10INO/c14-13-7-10-6-5-9-3-1-2-4-11(9)16-12(10)8-15-13/h1-4,7-8H,5-6H2. The molecule has 1 aromatic carbocycles. The van der Waals surface area contributed by atoms with Crippen molar-refractivity contribution < 1.29 is 4.74 Å². The van der Waals surface area contributed by atoms with Crippen LogP contribution in [0.1, 0.15) is 11.1 Å². The van der Waals surface area contributed by atoms with Gasteiger partial charge in [-0.05, 0) is 58.7 Å². The van der Waals surface area contributed by atoms with Gasteiger partial charge in [-0.25, -0.2) is 4.98 Å². The minimum atomic E-state index is 0.894. The van der Waals surface area contributed by atoms with Gasteiger partial charge in [-0.3, -0.25) is 0 Å². The first-order chi connectivity index (χ1) is 7.83. The SMILES string of the molecule is Ic1cc2c(cn1)Oc1ccccc1CC2. The van der Waals surface area contributed by atoms with Gasteiger partial charge < -0.3 is 4.74 Å². The van der Waals surface area contributed by atoms with Crippen molar-refractivity contribution in [1.82, 2.24) is 4.98 Å². The second-order valence-corrected chi connectivity index (χ2v) is 4.93. The highest BCUT2D eigenvalue weighted by Crippen LogP contribution is 2.33. The number of pyridine rings is 1. The summed E-state index contributed by atoms with van der Waals surface area (Å²) in [6.07, 6.45) is 3.87. The van der Waals surface area contributed by atoms with E-state index in [9.17, 15) is 0 Å². The molecule has 0 bridgehead atoms. The second kappa shape index (κ2) is 4.05. The number of rotatable bonds is 0. The predicted octanol–water partition coefficient (Wildman–Crippen LogP) is 3.58. The fraction of sp³-hybridized carbons (Fsp3) is 0.154. The molecule has 1 aliphatic heterocycles. The molecule has 0 N–H and O–H groups in total. The van der Waals surface area contributed by atoms with E-state index in [1.165, 1.54) is 11.1 Å². The number of halogens is 1. The van der Waals surface area contributed by atoms with Crippen molar-refractivity contribution in [3.63, 3.8) is 0 Å². The van der Waals surface area contributed by atoms with Crippen molar-refractivity contribution in [2.24, 2.45) is 0 Å². The highest BCUT2D eigenvalue weighted by atomic mass is 127. The normalized spacial score (nSPS) is 13.3. The van der Waals surface area contributed by atoms with Gasteiger partial charge in [-0.2, -0.15) is 0 Å². The Morgan fingerprint density at radius 2 is 1.88 bits per heavy atom. The van der Waals surface area contributed by atoms with Gasteiger partial charge in [0, 0.05) is 0 Å². The number of nitrogens with zero attached hydrogens (tertiary/aromatic N) is 1. The largest absolute Gasteiger partial charge is 0.455 e. The molecule has 0 unspecified atom stereocenters. The van der Waals surface area contributed by atoms with Crippen molar-refractivity contribution in [3.8, 4) is 11.5 Å². The summed E-state index contributed by atoms with van der Waals surface area (Å²) in [5.74, 6) is 1.86. The molecule has 0 spiro atoms. The third-order valence-electron chi connectivity index (χ3n) is 2.77. The van der Waals surface area contributed by atoms with Crippen LogP contribution in [0.4, 0.5) is 0 Å². The van der Waals surface area contributed by atoms with Gasteiger partial charge in [-0.15, -0.1) is 0 Å². The smallest absolute Gasteiger partial charge is 0.148 e. The van der Waals surface area contributed by atoms with Gasteiger partial charge in [0.25, 0.3) is 0 Å². The van der Waals surface area contributed by atoms with E-state index in [4.69, 9.17) is 4.74 Å². The molecule has 1 aliphatic rings. The predicted molar refractivity (Wildman–Crippen MR) is 70.9 cm³/mol. The Kier molecular flexibility index (Phi) is 2.55. The van der Waals surface area contributed by atoms with Gasteiger partial charge in [0.05, 0.1) is 6.20 Å². The molecule has 2 nitrogen and oxygen atoms in total. The highest BCUT2D eigenvalue weighted by molar-refractivity contribution is 14.1. The van der Waals surface area contributed by atoms with E-state index in [2.05, 4.69) is 45.8 Å². The zero-order valence-corrected chi connectivity index (χ0v) is 10.8. The second-order valence-electron chi connectivity index (χ2n) is 3.82. The number of para-hydroxylation sites is 1. The molecule has 2 aromatic rings. The monoisotopic (exact) mass is 323 g/mol. The van der Waals surface area contributed by atoms with Crippen molar-refractivity contribution in [1.29, 1.82) is 0 Å². The molecule has 0 saturated carbocycles. The van der Waals surface area contributed by atoms with Gasteiger partial charge in [0.15, 0.2) is 0 Å². The van der Waals surface area contributed by atoms with E-state index in [-0.39, 0.29) is 0 Å². The molecular weight excluding hydrogens is 313 g/mol. The third-order valence-corrected chi connectivity index (χ3v) is 3.36. The van der Waals surface area contributed by atoms with Crippen LogP contribution in [0.5, 0.6) is 11.5 Å². The average molecular weight is 323 g/mol. The minimum Gasteiger partial charge on any atom is -0.455 e. The fourth-order valence-corrected chi connectivity index (χ4v) is 2.46. The van der Waals surface area contributed by atoms with Crippen LogP contribution in [0.2, 0.25) is 0 Å². The molecule has 3 heteroatoms.